The van der Waals surface area contributed by atoms with Gasteiger partial charge in [0.1, 0.15) is 0 Å². The highest BCUT2D eigenvalue weighted by Gasteiger charge is 2.22. The fourth-order valence-corrected chi connectivity index (χ4v) is 8.31. The molecule has 1 aromatic carbocycles. The summed E-state index contributed by atoms with van der Waals surface area (Å²) in [7, 11) is 3.23. The smallest absolute Gasteiger partial charge is 0.381 e. The fourth-order valence-electron chi connectivity index (χ4n) is 2.04. The van der Waals surface area contributed by atoms with Gasteiger partial charge in [0.2, 0.25) is 11.6 Å². The highest BCUT2D eigenvalue weighted by Crippen LogP contribution is 2.59. The molecule has 2 rings (SSSR count). The second-order valence-corrected chi connectivity index (χ2v) is 16.4. The summed E-state index contributed by atoms with van der Waals surface area (Å²) in [6, 6.07) is 7.54. The van der Waals surface area contributed by atoms with Crippen LogP contribution in [0.15, 0.2) is 30.5 Å². The molecule has 0 aliphatic heterocycles. The van der Waals surface area contributed by atoms with Gasteiger partial charge in [0.25, 0.3) is 0 Å². The van der Waals surface area contributed by atoms with Crippen molar-refractivity contribution in [1.29, 1.82) is 0 Å². The van der Waals surface area contributed by atoms with Gasteiger partial charge in [0, 0.05) is 37.5 Å². The standard InChI is InChI=1S/C12H15N2O3PS.C6H15O2PS3/c1-3-15-18(19,16-4-2)17-12-9-13-10-7-5-6-8-11(10)14-12;1-4-11-5-6-12-9(10,7-2)8-3/h5-9H,3-4H2,1-2H3;4-6H2,1-3H3. The molecule has 0 bridgehead atoms. The average molecular weight is 545 g/mol. The zero-order valence-corrected chi connectivity index (χ0v) is 23.4. The van der Waals surface area contributed by atoms with Gasteiger partial charge in [-0.05, 0) is 43.5 Å². The Labute approximate surface area is 203 Å². The lowest BCUT2D eigenvalue weighted by atomic mass is 10.3. The van der Waals surface area contributed by atoms with Gasteiger partial charge in [-0.1, -0.05) is 30.4 Å². The lowest BCUT2D eigenvalue weighted by Gasteiger charge is -2.20. The summed E-state index contributed by atoms with van der Waals surface area (Å²) in [5.41, 5.74) is -0.438. The summed E-state index contributed by atoms with van der Waals surface area (Å²) in [5, 5.41) is 0. The first-order chi connectivity index (χ1) is 14.8. The SMILES string of the molecule is CCOP(=S)(OCC)Oc1cnc2ccccc2n1.CCSCCSP(=S)(OC)OC. The van der Waals surface area contributed by atoms with Crippen LogP contribution in [0.1, 0.15) is 20.8 Å². The molecule has 2 aromatic rings. The number of aromatic nitrogens is 2. The number of para-hydroxylation sites is 2. The first kappa shape index (κ1) is 29.2. The van der Waals surface area contributed by atoms with E-state index in [-0.39, 0.29) is 0 Å². The van der Waals surface area contributed by atoms with Gasteiger partial charge < -0.3 is 13.6 Å². The molecule has 1 heterocycles. The molecule has 0 aliphatic carbocycles. The van der Waals surface area contributed by atoms with E-state index in [9.17, 15) is 0 Å². The topological polar surface area (TPSA) is 71.9 Å². The Hall–Kier alpha value is 0.200. The van der Waals surface area contributed by atoms with E-state index in [1.807, 2.05) is 49.9 Å². The molecule has 7 nitrogen and oxygen atoms in total. The van der Waals surface area contributed by atoms with E-state index in [4.69, 9.17) is 46.2 Å². The van der Waals surface area contributed by atoms with Crippen LogP contribution >= 0.6 is 35.6 Å². The first-order valence-electron chi connectivity index (χ1n) is 9.59. The van der Waals surface area contributed by atoms with E-state index < -0.39 is 12.4 Å². The van der Waals surface area contributed by atoms with Crippen LogP contribution in [0.4, 0.5) is 0 Å². The van der Waals surface area contributed by atoms with Crippen LogP contribution in [0.5, 0.6) is 5.88 Å². The van der Waals surface area contributed by atoms with Gasteiger partial charge >= 0.3 is 6.72 Å². The van der Waals surface area contributed by atoms with E-state index in [1.165, 1.54) is 6.20 Å². The zero-order chi connectivity index (χ0) is 23.2. The van der Waals surface area contributed by atoms with Crippen molar-refractivity contribution >= 4 is 70.2 Å². The Bertz CT molecular complexity index is 860. The zero-order valence-electron chi connectivity index (χ0n) is 18.4. The second kappa shape index (κ2) is 15.9. The van der Waals surface area contributed by atoms with Gasteiger partial charge in [-0.25, -0.2) is 9.97 Å². The summed E-state index contributed by atoms with van der Waals surface area (Å²) in [6.07, 6.45) is 1.53. The Balaban J connectivity index is 0.000000348. The van der Waals surface area contributed by atoms with E-state index in [2.05, 4.69) is 16.9 Å². The largest absolute Gasteiger partial charge is 0.404 e. The van der Waals surface area contributed by atoms with E-state index in [0.29, 0.717) is 19.1 Å². The minimum Gasteiger partial charge on any atom is -0.404 e. The highest BCUT2D eigenvalue weighted by atomic mass is 32.9. The van der Waals surface area contributed by atoms with E-state index >= 15 is 0 Å². The van der Waals surface area contributed by atoms with Crippen molar-refractivity contribution in [2.24, 2.45) is 0 Å². The number of nitrogens with zero attached hydrogens (tertiary/aromatic N) is 2. The lowest BCUT2D eigenvalue weighted by Crippen LogP contribution is -2.03. The molecule has 31 heavy (non-hydrogen) atoms. The molecule has 0 N–H and O–H groups in total. The third-order valence-electron chi connectivity index (χ3n) is 3.33. The van der Waals surface area contributed by atoms with Gasteiger partial charge in [0.15, 0.2) is 0 Å². The minimum atomic E-state index is -2.79. The molecule has 0 saturated carbocycles. The molecule has 0 unspecified atom stereocenters. The molecule has 0 fully saturated rings. The number of thioether (sulfide) groups is 1. The Morgan fingerprint density at radius 3 is 2.10 bits per heavy atom. The van der Waals surface area contributed by atoms with E-state index in [0.717, 1.165) is 28.3 Å². The number of rotatable bonds is 13. The summed E-state index contributed by atoms with van der Waals surface area (Å²) in [4.78, 5) is 8.60. The molecule has 0 atom stereocenters. The Morgan fingerprint density at radius 1 is 0.935 bits per heavy atom. The molecule has 1 aromatic heterocycles. The van der Waals surface area contributed by atoms with Crippen LogP contribution in [0.3, 0.4) is 0 Å². The minimum absolute atomic E-state index is 0.323. The predicted octanol–water partition coefficient (Wildman–Crippen LogP) is 6.30. The molecule has 176 valence electrons. The molecule has 13 heteroatoms. The van der Waals surface area contributed by atoms with Crippen molar-refractivity contribution in [2.45, 2.75) is 20.8 Å². The number of hydrogen-bond donors (Lipinski definition) is 0. The molecular weight excluding hydrogens is 514 g/mol. The van der Waals surface area contributed by atoms with Crippen LogP contribution in [-0.4, -0.2) is 54.7 Å². The summed E-state index contributed by atoms with van der Waals surface area (Å²) in [6.45, 7) is 3.91. The van der Waals surface area contributed by atoms with Crippen LogP contribution in [-0.2, 0) is 41.7 Å². The van der Waals surface area contributed by atoms with Crippen molar-refractivity contribution in [1.82, 2.24) is 9.97 Å². The maximum absolute atomic E-state index is 5.60. The Morgan fingerprint density at radius 2 is 1.55 bits per heavy atom. The number of benzene rings is 1. The molecular formula is C18H30N2O5P2S4. The van der Waals surface area contributed by atoms with Crippen molar-refractivity contribution in [3.05, 3.63) is 30.5 Å². The molecule has 0 spiro atoms. The first-order valence-corrected chi connectivity index (χ1v) is 17.5. The maximum atomic E-state index is 5.60. The average Bonchev–Trinajstić information content (AvgIpc) is 2.77. The molecule has 0 saturated heterocycles. The molecule has 0 radical (unpaired) electrons. The quantitative estimate of drug-likeness (QED) is 0.211. The number of hydrogen-bond acceptors (Lipinski definition) is 11. The normalized spacial score (nSPS) is 11.8. The van der Waals surface area contributed by atoms with Crippen LogP contribution in [0, 0.1) is 0 Å². The summed E-state index contributed by atoms with van der Waals surface area (Å²) >= 11 is 14.0. The third kappa shape index (κ3) is 11.3. The molecule has 0 amide bonds. The second-order valence-electron chi connectivity index (χ2n) is 5.41. The Kier molecular flexibility index (Phi) is 15.0. The molecule has 0 aliphatic rings. The number of fused-ring (bicyclic) bond motifs is 1. The van der Waals surface area contributed by atoms with Crippen molar-refractivity contribution < 1.29 is 22.6 Å². The summed E-state index contributed by atoms with van der Waals surface area (Å²) < 4.78 is 26.6. The van der Waals surface area contributed by atoms with Gasteiger partial charge in [0.05, 0.1) is 30.4 Å². The fraction of sp³-hybridized carbons (Fsp3) is 0.556. The predicted molar refractivity (Wildman–Crippen MR) is 141 cm³/mol. The third-order valence-corrected chi connectivity index (χ3v) is 12.7. The monoisotopic (exact) mass is 544 g/mol. The van der Waals surface area contributed by atoms with Crippen molar-refractivity contribution in [3.63, 3.8) is 0 Å². The van der Waals surface area contributed by atoms with Crippen LogP contribution in [0.2, 0.25) is 0 Å². The van der Waals surface area contributed by atoms with Gasteiger partial charge in [-0.3, -0.25) is 9.05 Å². The van der Waals surface area contributed by atoms with Crippen LogP contribution in [0.25, 0.3) is 11.0 Å². The summed E-state index contributed by atoms with van der Waals surface area (Å²) in [5.74, 6) is 3.61. The van der Waals surface area contributed by atoms with Gasteiger partial charge in [-0.15, -0.1) is 0 Å². The maximum Gasteiger partial charge on any atom is 0.381 e. The lowest BCUT2D eigenvalue weighted by molar-refractivity contribution is 0.216. The van der Waals surface area contributed by atoms with Crippen molar-refractivity contribution in [2.75, 3.05) is 44.7 Å². The van der Waals surface area contributed by atoms with E-state index in [1.54, 1.807) is 25.6 Å². The van der Waals surface area contributed by atoms with Crippen LogP contribution < -0.4 is 4.52 Å². The highest BCUT2D eigenvalue weighted by molar-refractivity contribution is 8.68. The van der Waals surface area contributed by atoms with Gasteiger partial charge in [-0.2, -0.15) is 11.8 Å². The van der Waals surface area contributed by atoms with Crippen molar-refractivity contribution in [3.8, 4) is 5.88 Å².